The minimum atomic E-state index is -0.136. The zero-order chi connectivity index (χ0) is 14.3. The van der Waals surface area contributed by atoms with Crippen molar-refractivity contribution in [1.82, 2.24) is 0 Å². The van der Waals surface area contributed by atoms with E-state index in [0.29, 0.717) is 11.8 Å². The van der Waals surface area contributed by atoms with E-state index in [-0.39, 0.29) is 17.5 Å². The average molecular weight is 278 g/mol. The molecule has 2 nitrogen and oxygen atoms in total. The first kappa shape index (κ1) is 14.4. The first-order valence-electron chi connectivity index (χ1n) is 8.78. The highest BCUT2D eigenvalue weighted by atomic mass is 16.6. The molecule has 6 unspecified atom stereocenters. The van der Waals surface area contributed by atoms with Gasteiger partial charge in [-0.25, -0.2) is 0 Å². The molecule has 3 saturated carbocycles. The molecule has 0 spiro atoms. The van der Waals surface area contributed by atoms with Crippen LogP contribution in [0.4, 0.5) is 0 Å². The van der Waals surface area contributed by atoms with Crippen LogP contribution in [-0.4, -0.2) is 11.6 Å². The summed E-state index contributed by atoms with van der Waals surface area (Å²) < 4.78 is 6.10. The fraction of sp³-hybridized carbons (Fsp3) is 0.944. The molecule has 3 aliphatic rings. The fourth-order valence-corrected chi connectivity index (χ4v) is 5.30. The first-order chi connectivity index (χ1) is 9.55. The predicted molar refractivity (Wildman–Crippen MR) is 80.2 cm³/mol. The number of hydrogen-bond donors (Lipinski definition) is 0. The standard InChI is InChI=1S/C18H30O2/c1-4-12-8-14(5-2)16(10-12)17(19)20-18(3)11-13-6-7-15(18)9-13/h12-16H,4-11H2,1-3H3. The van der Waals surface area contributed by atoms with Crippen LogP contribution in [0, 0.1) is 29.6 Å². The molecule has 114 valence electrons. The van der Waals surface area contributed by atoms with Crippen LogP contribution in [0.25, 0.3) is 0 Å². The minimum absolute atomic E-state index is 0.128. The van der Waals surface area contributed by atoms with E-state index in [1.807, 2.05) is 0 Å². The number of hydrogen-bond acceptors (Lipinski definition) is 2. The third-order valence-corrected chi connectivity index (χ3v) is 6.63. The lowest BCUT2D eigenvalue weighted by molar-refractivity contribution is -0.170. The Morgan fingerprint density at radius 3 is 2.50 bits per heavy atom. The van der Waals surface area contributed by atoms with Gasteiger partial charge in [0.25, 0.3) is 0 Å². The summed E-state index contributed by atoms with van der Waals surface area (Å²) in [6, 6.07) is 0. The minimum Gasteiger partial charge on any atom is -0.459 e. The van der Waals surface area contributed by atoms with Crippen LogP contribution in [0.15, 0.2) is 0 Å². The second-order valence-electron chi connectivity index (χ2n) is 7.83. The number of fused-ring (bicyclic) bond motifs is 2. The molecule has 3 aliphatic carbocycles. The molecular formula is C18H30O2. The third-order valence-electron chi connectivity index (χ3n) is 6.63. The van der Waals surface area contributed by atoms with Gasteiger partial charge in [-0.05, 0) is 69.1 Å². The molecule has 2 heteroatoms. The highest BCUT2D eigenvalue weighted by Gasteiger charge is 2.51. The summed E-state index contributed by atoms with van der Waals surface area (Å²) in [7, 11) is 0. The Hall–Kier alpha value is -0.530. The summed E-state index contributed by atoms with van der Waals surface area (Å²) in [5, 5.41) is 0. The average Bonchev–Trinajstić information content (AvgIpc) is 3.10. The highest BCUT2D eigenvalue weighted by Crippen LogP contribution is 2.53. The number of rotatable bonds is 4. The number of esters is 1. The van der Waals surface area contributed by atoms with Gasteiger partial charge in [-0.2, -0.15) is 0 Å². The van der Waals surface area contributed by atoms with E-state index in [2.05, 4.69) is 20.8 Å². The van der Waals surface area contributed by atoms with Crippen molar-refractivity contribution in [3.05, 3.63) is 0 Å². The van der Waals surface area contributed by atoms with Crippen molar-refractivity contribution in [1.29, 1.82) is 0 Å². The molecule has 0 saturated heterocycles. The van der Waals surface area contributed by atoms with Crippen LogP contribution in [0.5, 0.6) is 0 Å². The van der Waals surface area contributed by atoms with Gasteiger partial charge in [0.2, 0.25) is 0 Å². The molecule has 0 aromatic heterocycles. The Labute approximate surface area is 123 Å². The lowest BCUT2D eigenvalue weighted by Gasteiger charge is -2.35. The van der Waals surface area contributed by atoms with Gasteiger partial charge in [-0.3, -0.25) is 4.79 Å². The molecule has 0 aromatic rings. The zero-order valence-electron chi connectivity index (χ0n) is 13.4. The van der Waals surface area contributed by atoms with Crippen molar-refractivity contribution in [3.8, 4) is 0 Å². The van der Waals surface area contributed by atoms with Crippen LogP contribution in [-0.2, 0) is 9.53 Å². The lowest BCUT2D eigenvalue weighted by atomic mass is 9.85. The van der Waals surface area contributed by atoms with E-state index in [1.54, 1.807) is 0 Å². The second-order valence-corrected chi connectivity index (χ2v) is 7.83. The third kappa shape index (κ3) is 2.40. The maximum atomic E-state index is 12.7. The molecule has 0 heterocycles. The van der Waals surface area contributed by atoms with Crippen molar-refractivity contribution >= 4 is 5.97 Å². The Bertz CT molecular complexity index is 378. The predicted octanol–water partition coefficient (Wildman–Crippen LogP) is 4.57. The summed E-state index contributed by atoms with van der Waals surface area (Å²) in [5.74, 6) is 3.08. The molecule has 2 bridgehead atoms. The second kappa shape index (κ2) is 5.35. The maximum Gasteiger partial charge on any atom is 0.309 e. The Kier molecular flexibility index (Phi) is 3.85. The molecule has 3 rings (SSSR count). The van der Waals surface area contributed by atoms with E-state index >= 15 is 0 Å². The van der Waals surface area contributed by atoms with Crippen molar-refractivity contribution in [2.45, 2.75) is 77.7 Å². The number of ether oxygens (including phenoxy) is 1. The monoisotopic (exact) mass is 278 g/mol. The summed E-state index contributed by atoms with van der Waals surface area (Å²) in [5.41, 5.74) is -0.136. The molecule has 0 aromatic carbocycles. The number of carbonyl (C=O) groups is 1. The van der Waals surface area contributed by atoms with Gasteiger partial charge in [-0.1, -0.05) is 26.7 Å². The molecule has 0 aliphatic heterocycles. The smallest absolute Gasteiger partial charge is 0.309 e. The quantitative estimate of drug-likeness (QED) is 0.704. The van der Waals surface area contributed by atoms with E-state index < -0.39 is 0 Å². The Morgan fingerprint density at radius 2 is 1.95 bits per heavy atom. The molecule has 6 atom stereocenters. The number of carbonyl (C=O) groups excluding carboxylic acids is 1. The van der Waals surface area contributed by atoms with Gasteiger partial charge in [0.15, 0.2) is 0 Å². The normalized spacial score (nSPS) is 46.9. The summed E-state index contributed by atoms with van der Waals surface area (Å²) >= 11 is 0. The van der Waals surface area contributed by atoms with Crippen LogP contribution in [0.3, 0.4) is 0 Å². The van der Waals surface area contributed by atoms with Gasteiger partial charge in [0.1, 0.15) is 5.60 Å². The van der Waals surface area contributed by atoms with Gasteiger partial charge in [-0.15, -0.1) is 0 Å². The Balaban J connectivity index is 1.64. The van der Waals surface area contributed by atoms with Gasteiger partial charge < -0.3 is 4.74 Å². The van der Waals surface area contributed by atoms with Crippen molar-refractivity contribution in [2.75, 3.05) is 0 Å². The van der Waals surface area contributed by atoms with E-state index in [0.717, 1.165) is 31.1 Å². The van der Waals surface area contributed by atoms with Crippen LogP contribution >= 0.6 is 0 Å². The van der Waals surface area contributed by atoms with E-state index in [4.69, 9.17) is 4.74 Å². The highest BCUT2D eigenvalue weighted by molar-refractivity contribution is 5.73. The molecule has 0 amide bonds. The van der Waals surface area contributed by atoms with Gasteiger partial charge in [0.05, 0.1) is 5.92 Å². The molecule has 0 radical (unpaired) electrons. The van der Waals surface area contributed by atoms with Crippen molar-refractivity contribution in [3.63, 3.8) is 0 Å². The maximum absolute atomic E-state index is 12.7. The largest absolute Gasteiger partial charge is 0.459 e. The van der Waals surface area contributed by atoms with E-state index in [1.165, 1.54) is 32.1 Å². The van der Waals surface area contributed by atoms with Crippen LogP contribution < -0.4 is 0 Å². The fourth-order valence-electron chi connectivity index (χ4n) is 5.30. The van der Waals surface area contributed by atoms with Crippen molar-refractivity contribution in [2.24, 2.45) is 29.6 Å². The van der Waals surface area contributed by atoms with Crippen molar-refractivity contribution < 1.29 is 9.53 Å². The van der Waals surface area contributed by atoms with Gasteiger partial charge >= 0.3 is 5.97 Å². The molecule has 3 fully saturated rings. The lowest BCUT2D eigenvalue weighted by Crippen LogP contribution is -2.39. The van der Waals surface area contributed by atoms with Gasteiger partial charge in [0, 0.05) is 0 Å². The van der Waals surface area contributed by atoms with Crippen LogP contribution in [0.2, 0.25) is 0 Å². The molecule has 20 heavy (non-hydrogen) atoms. The summed E-state index contributed by atoms with van der Waals surface area (Å²) in [4.78, 5) is 12.7. The SMILES string of the molecule is CCC1CC(CC)C(C(=O)OC2(C)CC3CCC2C3)C1. The summed E-state index contributed by atoms with van der Waals surface area (Å²) in [6.45, 7) is 6.67. The first-order valence-corrected chi connectivity index (χ1v) is 8.78. The van der Waals surface area contributed by atoms with Crippen LogP contribution in [0.1, 0.15) is 72.1 Å². The Morgan fingerprint density at radius 1 is 1.15 bits per heavy atom. The zero-order valence-corrected chi connectivity index (χ0v) is 13.4. The molecular weight excluding hydrogens is 248 g/mol. The molecule has 0 N–H and O–H groups in total. The van der Waals surface area contributed by atoms with E-state index in [9.17, 15) is 4.79 Å². The summed E-state index contributed by atoms with van der Waals surface area (Å²) in [6.07, 6.45) is 9.67. The topological polar surface area (TPSA) is 26.3 Å².